The Hall–Kier alpha value is -2.36. The van der Waals surface area contributed by atoms with Crippen LogP contribution >= 0.6 is 0 Å². The lowest BCUT2D eigenvalue weighted by molar-refractivity contribution is 0.264. The molecule has 0 atom stereocenters. The van der Waals surface area contributed by atoms with Crippen molar-refractivity contribution in [3.63, 3.8) is 0 Å². The SMILES string of the molecule is OCc1cc(-c2ccc3ccccc3c2)cc(CO)c1O. The van der Waals surface area contributed by atoms with Crippen molar-refractivity contribution >= 4 is 10.8 Å². The van der Waals surface area contributed by atoms with Gasteiger partial charge in [0, 0.05) is 11.1 Å². The third kappa shape index (κ3) is 2.49. The second-order valence-electron chi connectivity index (χ2n) is 5.02. The summed E-state index contributed by atoms with van der Waals surface area (Å²) < 4.78 is 0. The molecule has 3 rings (SSSR count). The predicted octanol–water partition coefficient (Wildman–Crippen LogP) is 3.20. The Labute approximate surface area is 122 Å². The molecule has 0 saturated heterocycles. The lowest BCUT2D eigenvalue weighted by Gasteiger charge is -2.11. The van der Waals surface area contributed by atoms with Crippen LogP contribution in [0.1, 0.15) is 11.1 Å². The van der Waals surface area contributed by atoms with Crippen molar-refractivity contribution in [2.24, 2.45) is 0 Å². The van der Waals surface area contributed by atoms with Crippen LogP contribution in [0.3, 0.4) is 0 Å². The van der Waals surface area contributed by atoms with Gasteiger partial charge in [-0.2, -0.15) is 0 Å². The summed E-state index contributed by atoms with van der Waals surface area (Å²) in [5.74, 6) is -0.0375. The second kappa shape index (κ2) is 5.56. The normalized spacial score (nSPS) is 11.0. The number of fused-ring (bicyclic) bond motifs is 1. The van der Waals surface area contributed by atoms with E-state index in [0.29, 0.717) is 11.1 Å². The molecule has 0 unspecified atom stereocenters. The highest BCUT2D eigenvalue weighted by molar-refractivity contribution is 5.87. The van der Waals surface area contributed by atoms with Gasteiger partial charge in [0.05, 0.1) is 13.2 Å². The fourth-order valence-corrected chi connectivity index (χ4v) is 2.54. The van der Waals surface area contributed by atoms with Crippen molar-refractivity contribution in [3.05, 3.63) is 65.7 Å². The van der Waals surface area contributed by atoms with Gasteiger partial charge in [0.1, 0.15) is 5.75 Å². The average molecular weight is 280 g/mol. The quantitative estimate of drug-likeness (QED) is 0.690. The van der Waals surface area contributed by atoms with Crippen LogP contribution in [0.2, 0.25) is 0 Å². The van der Waals surface area contributed by atoms with Gasteiger partial charge in [-0.25, -0.2) is 0 Å². The van der Waals surface area contributed by atoms with E-state index >= 15 is 0 Å². The maximum absolute atomic E-state index is 9.91. The van der Waals surface area contributed by atoms with E-state index in [-0.39, 0.29) is 19.0 Å². The molecule has 0 aromatic heterocycles. The second-order valence-corrected chi connectivity index (χ2v) is 5.02. The summed E-state index contributed by atoms with van der Waals surface area (Å²) in [5.41, 5.74) is 2.69. The summed E-state index contributed by atoms with van der Waals surface area (Å²) >= 11 is 0. The molecule has 3 N–H and O–H groups in total. The zero-order valence-electron chi connectivity index (χ0n) is 11.5. The van der Waals surface area contributed by atoms with Gasteiger partial charge in [-0.1, -0.05) is 36.4 Å². The number of aliphatic hydroxyl groups is 2. The van der Waals surface area contributed by atoms with Crippen molar-refractivity contribution in [3.8, 4) is 16.9 Å². The molecule has 3 aromatic rings. The van der Waals surface area contributed by atoms with Gasteiger partial charge in [-0.15, -0.1) is 0 Å². The Morgan fingerprint density at radius 2 is 1.29 bits per heavy atom. The average Bonchev–Trinajstić information content (AvgIpc) is 2.54. The third-order valence-corrected chi connectivity index (χ3v) is 3.69. The highest BCUT2D eigenvalue weighted by Crippen LogP contribution is 2.31. The van der Waals surface area contributed by atoms with Crippen LogP contribution in [-0.4, -0.2) is 15.3 Å². The van der Waals surface area contributed by atoms with E-state index in [9.17, 15) is 15.3 Å². The van der Waals surface area contributed by atoms with Gasteiger partial charge in [-0.3, -0.25) is 0 Å². The highest BCUT2D eigenvalue weighted by atomic mass is 16.3. The molecule has 0 spiro atoms. The van der Waals surface area contributed by atoms with Crippen molar-refractivity contribution < 1.29 is 15.3 Å². The van der Waals surface area contributed by atoms with Crippen LogP contribution in [0.15, 0.2) is 54.6 Å². The number of rotatable bonds is 3. The van der Waals surface area contributed by atoms with Crippen LogP contribution in [-0.2, 0) is 13.2 Å². The van der Waals surface area contributed by atoms with Gasteiger partial charge in [0.25, 0.3) is 0 Å². The van der Waals surface area contributed by atoms with E-state index in [0.717, 1.165) is 21.9 Å². The summed E-state index contributed by atoms with van der Waals surface area (Å²) in [5, 5.41) is 30.9. The molecule has 0 saturated carbocycles. The van der Waals surface area contributed by atoms with E-state index in [1.54, 1.807) is 12.1 Å². The molecule has 0 aliphatic rings. The number of hydrogen-bond acceptors (Lipinski definition) is 3. The lowest BCUT2D eigenvalue weighted by atomic mass is 9.97. The van der Waals surface area contributed by atoms with E-state index in [1.165, 1.54) is 0 Å². The molecule has 0 aliphatic carbocycles. The molecule has 0 fully saturated rings. The van der Waals surface area contributed by atoms with Gasteiger partial charge >= 0.3 is 0 Å². The number of benzene rings is 3. The van der Waals surface area contributed by atoms with Gasteiger partial charge < -0.3 is 15.3 Å². The number of hydrogen-bond donors (Lipinski definition) is 3. The molecule has 0 heterocycles. The molecule has 0 amide bonds. The minimum Gasteiger partial charge on any atom is -0.507 e. The number of aromatic hydroxyl groups is 1. The predicted molar refractivity (Wildman–Crippen MR) is 82.9 cm³/mol. The summed E-state index contributed by atoms with van der Waals surface area (Å²) in [6, 6.07) is 17.7. The first kappa shape index (κ1) is 13.6. The maximum Gasteiger partial charge on any atom is 0.126 e. The number of aliphatic hydroxyl groups excluding tert-OH is 2. The first-order valence-electron chi connectivity index (χ1n) is 6.78. The standard InChI is InChI=1S/C18H16O3/c19-10-16-8-15(9-17(11-20)18(16)21)14-6-5-12-3-1-2-4-13(12)7-14/h1-9,19-21H,10-11H2. The molecule has 3 nitrogen and oxygen atoms in total. The van der Waals surface area contributed by atoms with Crippen LogP contribution in [0.25, 0.3) is 21.9 Å². The fourth-order valence-electron chi connectivity index (χ4n) is 2.54. The summed E-state index contributed by atoms with van der Waals surface area (Å²) in [6.45, 7) is -0.527. The minimum absolute atomic E-state index is 0.0375. The van der Waals surface area contributed by atoms with Crippen molar-refractivity contribution in [1.29, 1.82) is 0 Å². The first-order chi connectivity index (χ1) is 10.2. The molecule has 3 heteroatoms. The summed E-state index contributed by atoms with van der Waals surface area (Å²) in [4.78, 5) is 0. The first-order valence-corrected chi connectivity index (χ1v) is 6.78. The van der Waals surface area contributed by atoms with E-state index in [1.807, 2.05) is 36.4 Å². The van der Waals surface area contributed by atoms with E-state index in [2.05, 4.69) is 6.07 Å². The highest BCUT2D eigenvalue weighted by Gasteiger charge is 2.10. The molecule has 0 bridgehead atoms. The topological polar surface area (TPSA) is 60.7 Å². The summed E-state index contributed by atoms with van der Waals surface area (Å²) in [6.07, 6.45) is 0. The Morgan fingerprint density at radius 3 is 1.90 bits per heavy atom. The van der Waals surface area contributed by atoms with Crippen molar-refractivity contribution in [2.75, 3.05) is 0 Å². The van der Waals surface area contributed by atoms with Crippen LogP contribution < -0.4 is 0 Å². The molecule has 0 aliphatic heterocycles. The Balaban J connectivity index is 2.17. The van der Waals surface area contributed by atoms with Crippen LogP contribution in [0.5, 0.6) is 5.75 Å². The largest absolute Gasteiger partial charge is 0.507 e. The third-order valence-electron chi connectivity index (χ3n) is 3.69. The molecule has 106 valence electrons. The van der Waals surface area contributed by atoms with E-state index in [4.69, 9.17) is 0 Å². The molecular formula is C18H16O3. The van der Waals surface area contributed by atoms with Crippen molar-refractivity contribution in [1.82, 2.24) is 0 Å². The van der Waals surface area contributed by atoms with Gasteiger partial charge in [0.15, 0.2) is 0 Å². The van der Waals surface area contributed by atoms with E-state index < -0.39 is 0 Å². The summed E-state index contributed by atoms with van der Waals surface area (Å²) in [7, 11) is 0. The maximum atomic E-state index is 9.91. The smallest absolute Gasteiger partial charge is 0.126 e. The molecular weight excluding hydrogens is 264 g/mol. The Bertz CT molecular complexity index is 768. The molecule has 21 heavy (non-hydrogen) atoms. The van der Waals surface area contributed by atoms with Crippen LogP contribution in [0.4, 0.5) is 0 Å². The van der Waals surface area contributed by atoms with Crippen molar-refractivity contribution in [2.45, 2.75) is 13.2 Å². The number of phenols is 1. The molecule has 0 radical (unpaired) electrons. The Morgan fingerprint density at radius 1 is 0.667 bits per heavy atom. The zero-order valence-corrected chi connectivity index (χ0v) is 11.5. The molecule has 3 aromatic carbocycles. The van der Waals surface area contributed by atoms with Gasteiger partial charge in [-0.05, 0) is 40.1 Å². The van der Waals surface area contributed by atoms with Crippen LogP contribution in [0, 0.1) is 0 Å². The Kier molecular flexibility index (Phi) is 3.60. The minimum atomic E-state index is -0.264. The fraction of sp³-hybridized carbons (Fsp3) is 0.111. The lowest BCUT2D eigenvalue weighted by Crippen LogP contribution is -1.93. The van der Waals surface area contributed by atoms with Gasteiger partial charge in [0.2, 0.25) is 0 Å². The monoisotopic (exact) mass is 280 g/mol. The zero-order chi connectivity index (χ0) is 14.8.